The molecule has 2 atom stereocenters. The van der Waals surface area contributed by atoms with Crippen LogP contribution in [0.2, 0.25) is 0 Å². The number of piperidine rings is 1. The molecule has 1 spiro atoms. The molecule has 0 unspecified atom stereocenters. The van der Waals surface area contributed by atoms with Gasteiger partial charge in [-0.1, -0.05) is 49.2 Å². The highest BCUT2D eigenvalue weighted by molar-refractivity contribution is 5.75. The first-order valence-corrected chi connectivity index (χ1v) is 15.1. The van der Waals surface area contributed by atoms with Gasteiger partial charge in [-0.3, -0.25) is 9.69 Å². The number of carbonyl (C=O) groups is 1. The van der Waals surface area contributed by atoms with E-state index >= 15 is 0 Å². The van der Waals surface area contributed by atoms with Gasteiger partial charge in [0.25, 0.3) is 5.56 Å². The van der Waals surface area contributed by atoms with Crippen LogP contribution in [0, 0.1) is 11.6 Å². The minimum absolute atomic E-state index is 0.0876. The van der Waals surface area contributed by atoms with Crippen molar-refractivity contribution >= 4 is 6.03 Å². The number of nitrogens with zero attached hydrogens (tertiary/aromatic N) is 3. The van der Waals surface area contributed by atoms with Crippen LogP contribution in [0.15, 0.2) is 65.5 Å². The van der Waals surface area contributed by atoms with E-state index in [1.54, 1.807) is 4.90 Å². The van der Waals surface area contributed by atoms with Crippen molar-refractivity contribution in [2.45, 2.75) is 62.7 Å². The van der Waals surface area contributed by atoms with E-state index < -0.39 is 17.7 Å². The zero-order chi connectivity index (χ0) is 29.3. The van der Waals surface area contributed by atoms with E-state index in [-0.39, 0.29) is 28.7 Å². The van der Waals surface area contributed by atoms with Crippen LogP contribution >= 0.6 is 0 Å². The Morgan fingerprint density at radius 3 is 2.55 bits per heavy atom. The highest BCUT2D eigenvalue weighted by atomic mass is 19.1. The summed E-state index contributed by atoms with van der Waals surface area (Å²) in [6.45, 7) is 2.73. The van der Waals surface area contributed by atoms with Crippen molar-refractivity contribution in [2.24, 2.45) is 0 Å². The lowest BCUT2D eigenvalue weighted by atomic mass is 9.90. The fraction of sp³-hybridized carbons (Fsp3) is 0.455. The number of urea groups is 1. The van der Waals surface area contributed by atoms with Gasteiger partial charge in [-0.2, -0.15) is 0 Å². The molecule has 2 N–H and O–H groups in total. The smallest absolute Gasteiger partial charge is 0.320 e. The van der Waals surface area contributed by atoms with Crippen LogP contribution in [-0.2, 0) is 6.54 Å². The normalized spacial score (nSPS) is 22.5. The Hall–Kier alpha value is -3.56. The van der Waals surface area contributed by atoms with Crippen molar-refractivity contribution in [3.8, 4) is 11.3 Å². The van der Waals surface area contributed by atoms with Crippen LogP contribution in [0.1, 0.15) is 55.7 Å². The molecule has 3 heterocycles. The van der Waals surface area contributed by atoms with Gasteiger partial charge in [0.1, 0.15) is 11.6 Å². The summed E-state index contributed by atoms with van der Waals surface area (Å²) in [4.78, 5) is 36.3. The molecule has 42 heavy (non-hydrogen) atoms. The van der Waals surface area contributed by atoms with Crippen molar-refractivity contribution < 1.29 is 13.6 Å². The Morgan fingerprint density at radius 2 is 1.81 bits per heavy atom. The number of halogens is 2. The molecule has 1 saturated carbocycles. The number of rotatable bonds is 5. The highest BCUT2D eigenvalue weighted by Crippen LogP contribution is 2.40. The molecule has 2 saturated heterocycles. The van der Waals surface area contributed by atoms with Crippen LogP contribution in [0.25, 0.3) is 11.3 Å². The van der Waals surface area contributed by atoms with Gasteiger partial charge in [-0.15, -0.1) is 0 Å². The van der Waals surface area contributed by atoms with Crippen molar-refractivity contribution in [2.75, 3.05) is 33.2 Å². The molecule has 1 aromatic heterocycles. The maximum Gasteiger partial charge on any atom is 0.320 e. The number of piperazine rings is 1. The third kappa shape index (κ3) is 5.60. The molecule has 9 heteroatoms. The van der Waals surface area contributed by atoms with E-state index in [4.69, 9.17) is 0 Å². The van der Waals surface area contributed by atoms with Crippen molar-refractivity contribution in [3.63, 3.8) is 0 Å². The minimum Gasteiger partial charge on any atom is -0.322 e. The topological polar surface area (TPSA) is 71.7 Å². The monoisotopic (exact) mass is 575 g/mol. The number of carbonyl (C=O) groups excluding carboxylic acids is 1. The average Bonchev–Trinajstić information content (AvgIpc) is 3.48. The van der Waals surface area contributed by atoms with Crippen LogP contribution in [-0.4, -0.2) is 70.5 Å². The van der Waals surface area contributed by atoms with Gasteiger partial charge in [0.2, 0.25) is 0 Å². The Kier molecular flexibility index (Phi) is 8.14. The molecular formula is C33H39F2N5O2. The fourth-order valence-electron chi connectivity index (χ4n) is 7.25. The first-order chi connectivity index (χ1) is 20.4. The lowest BCUT2D eigenvalue weighted by Gasteiger charge is -2.51. The van der Waals surface area contributed by atoms with Gasteiger partial charge in [-0.25, -0.2) is 13.6 Å². The molecule has 0 radical (unpaired) electrons. The van der Waals surface area contributed by atoms with Crippen LogP contribution in [0.5, 0.6) is 0 Å². The van der Waals surface area contributed by atoms with Crippen LogP contribution in [0.4, 0.5) is 13.6 Å². The maximum absolute atomic E-state index is 14.9. The second-order valence-electron chi connectivity index (χ2n) is 12.0. The number of benzene rings is 2. The quantitative estimate of drug-likeness (QED) is 0.434. The van der Waals surface area contributed by atoms with E-state index in [2.05, 4.69) is 15.2 Å². The standard InChI is InChI=1S/C33H39F2N5O2/c1-36-26-13-16-40(30(20-26)27-19-25(34)10-11-28(27)35)32(42)38-17-18-39(33(22-38)14-5-6-15-33)21-24-9-12-29(37-31(24)41)23-7-3-2-4-8-23/h2-4,7-12,19,26,30,36H,5-6,13-18,20-22H2,1H3,(H,37,41)/t26-,30+/m1/s1. The maximum atomic E-state index is 14.9. The number of hydrogen-bond acceptors (Lipinski definition) is 4. The van der Waals surface area contributed by atoms with E-state index in [0.717, 1.165) is 61.1 Å². The van der Waals surface area contributed by atoms with Crippen molar-refractivity contribution in [1.29, 1.82) is 0 Å². The molecule has 7 nitrogen and oxygen atoms in total. The largest absolute Gasteiger partial charge is 0.322 e. The second-order valence-corrected chi connectivity index (χ2v) is 12.0. The summed E-state index contributed by atoms with van der Waals surface area (Å²) in [6.07, 6.45) is 5.35. The molecule has 2 aromatic carbocycles. The molecule has 222 valence electrons. The van der Waals surface area contributed by atoms with Gasteiger partial charge in [-0.05, 0) is 62.6 Å². The fourth-order valence-corrected chi connectivity index (χ4v) is 7.25. The summed E-state index contributed by atoms with van der Waals surface area (Å²) in [6, 6.07) is 16.6. The summed E-state index contributed by atoms with van der Waals surface area (Å²) < 4.78 is 29.1. The number of hydrogen-bond donors (Lipinski definition) is 2. The molecule has 1 aliphatic carbocycles. The number of nitrogens with one attached hydrogen (secondary N) is 2. The molecule has 2 aliphatic heterocycles. The number of aromatic nitrogens is 1. The highest BCUT2D eigenvalue weighted by Gasteiger charge is 2.46. The Balaban J connectivity index is 1.21. The van der Waals surface area contributed by atoms with E-state index in [1.165, 1.54) is 6.07 Å². The summed E-state index contributed by atoms with van der Waals surface area (Å²) in [7, 11) is 1.87. The third-order valence-corrected chi connectivity index (χ3v) is 9.61. The first-order valence-electron chi connectivity index (χ1n) is 15.1. The Bertz CT molecular complexity index is 1470. The van der Waals surface area contributed by atoms with E-state index in [9.17, 15) is 18.4 Å². The molecule has 6 rings (SSSR count). The Labute approximate surface area is 245 Å². The average molecular weight is 576 g/mol. The van der Waals surface area contributed by atoms with Gasteiger partial charge in [0.05, 0.1) is 6.04 Å². The zero-order valence-corrected chi connectivity index (χ0v) is 24.1. The van der Waals surface area contributed by atoms with Gasteiger partial charge in [0.15, 0.2) is 0 Å². The predicted molar refractivity (Wildman–Crippen MR) is 159 cm³/mol. The van der Waals surface area contributed by atoms with Crippen molar-refractivity contribution in [3.05, 3.63) is 93.8 Å². The van der Waals surface area contributed by atoms with Gasteiger partial charge in [0, 0.05) is 61.1 Å². The number of aromatic amines is 1. The van der Waals surface area contributed by atoms with E-state index in [0.29, 0.717) is 39.1 Å². The van der Waals surface area contributed by atoms with Crippen LogP contribution < -0.4 is 10.9 Å². The summed E-state index contributed by atoms with van der Waals surface area (Å²) in [5, 5.41) is 3.26. The molecule has 3 fully saturated rings. The lowest BCUT2D eigenvalue weighted by molar-refractivity contribution is -0.00239. The minimum atomic E-state index is -0.543. The second kappa shape index (κ2) is 12.0. The molecule has 3 aliphatic rings. The first kappa shape index (κ1) is 28.6. The van der Waals surface area contributed by atoms with Crippen LogP contribution in [0.3, 0.4) is 0 Å². The molecule has 0 bridgehead atoms. The summed E-state index contributed by atoms with van der Waals surface area (Å²) >= 11 is 0. The van der Waals surface area contributed by atoms with Gasteiger partial charge >= 0.3 is 6.03 Å². The number of amides is 2. The SMILES string of the molecule is CN[C@@H]1CCN(C(=O)N2CCN(Cc3ccc(-c4ccccc4)[nH]c3=O)C3(CCCC3)C2)[C@H](c2cc(F)ccc2F)C1. The van der Waals surface area contributed by atoms with E-state index in [1.807, 2.05) is 54.4 Å². The van der Waals surface area contributed by atoms with Crippen molar-refractivity contribution in [1.82, 2.24) is 25.0 Å². The molecular weight excluding hydrogens is 536 g/mol. The zero-order valence-electron chi connectivity index (χ0n) is 24.1. The predicted octanol–water partition coefficient (Wildman–Crippen LogP) is 5.30. The number of likely N-dealkylation sites (tertiary alicyclic amines) is 1. The summed E-state index contributed by atoms with van der Waals surface area (Å²) in [5.41, 5.74) is 2.42. The molecule has 2 amide bonds. The number of pyridine rings is 1. The Morgan fingerprint density at radius 1 is 1.02 bits per heavy atom. The van der Waals surface area contributed by atoms with Gasteiger partial charge < -0.3 is 20.1 Å². The third-order valence-electron chi connectivity index (χ3n) is 9.61. The number of H-pyrrole nitrogens is 1. The molecule has 3 aromatic rings. The lowest BCUT2D eigenvalue weighted by Crippen LogP contribution is -2.64. The summed E-state index contributed by atoms with van der Waals surface area (Å²) in [5.74, 6) is -0.993.